The second-order valence-electron chi connectivity index (χ2n) is 7.75. The molecule has 176 valence electrons. The number of ether oxygens (including phenoxy) is 1. The largest absolute Gasteiger partial charge is 0.496 e. The number of aryl methyl sites for hydroxylation is 1. The van der Waals surface area contributed by atoms with Crippen LogP contribution in [0.3, 0.4) is 0 Å². The average Bonchev–Trinajstić information content (AvgIpc) is 3.00. The molecule has 3 aromatic rings. The monoisotopic (exact) mass is 472 g/mol. The lowest BCUT2D eigenvalue weighted by Crippen LogP contribution is -2.23. The van der Waals surface area contributed by atoms with E-state index in [1.54, 1.807) is 24.7 Å². The molecule has 0 saturated carbocycles. The molecule has 1 amide bonds. The molecular formula is C23H28N4O5S. The maximum atomic E-state index is 13.0. The zero-order valence-corrected chi connectivity index (χ0v) is 20.1. The summed E-state index contributed by atoms with van der Waals surface area (Å²) in [5.74, 6) is 0.131. The van der Waals surface area contributed by atoms with Crippen LogP contribution in [0, 0.1) is 6.92 Å². The van der Waals surface area contributed by atoms with E-state index in [4.69, 9.17) is 4.74 Å². The van der Waals surface area contributed by atoms with Gasteiger partial charge in [0, 0.05) is 27.6 Å². The molecule has 1 N–H and O–H groups in total. The standard InChI is InChI=1S/C23H28N4O5S/c1-16-22(23(29)27(26(16)4)18-9-7-6-8-10-18)24-21(28)14-11-17-15-19(12-13-20(17)32-5)33(30,31)25(2)3/h6-10,12-13,15H,11,14H2,1-5H3,(H,24,28). The molecule has 0 radical (unpaired) electrons. The number of nitrogens with zero attached hydrogens (tertiary/aromatic N) is 3. The minimum Gasteiger partial charge on any atom is -0.496 e. The van der Waals surface area contributed by atoms with Crippen LogP contribution in [0.1, 0.15) is 17.7 Å². The molecule has 1 aromatic heterocycles. The third kappa shape index (κ3) is 4.86. The molecule has 0 saturated heterocycles. The first-order chi connectivity index (χ1) is 15.6. The molecule has 10 heteroatoms. The SMILES string of the molecule is COc1ccc(S(=O)(=O)N(C)C)cc1CCC(=O)Nc1c(C)n(C)n(-c2ccccc2)c1=O. The summed E-state index contributed by atoms with van der Waals surface area (Å²) in [5, 5.41) is 2.72. The van der Waals surface area contributed by atoms with Crippen molar-refractivity contribution in [1.29, 1.82) is 0 Å². The van der Waals surface area contributed by atoms with Crippen LogP contribution in [-0.4, -0.2) is 49.2 Å². The molecule has 0 fully saturated rings. The van der Waals surface area contributed by atoms with Gasteiger partial charge in [-0.3, -0.25) is 14.3 Å². The quantitative estimate of drug-likeness (QED) is 0.542. The summed E-state index contributed by atoms with van der Waals surface area (Å²) in [6, 6.07) is 13.7. The van der Waals surface area contributed by atoms with Gasteiger partial charge in [-0.1, -0.05) is 18.2 Å². The first-order valence-electron chi connectivity index (χ1n) is 10.3. The highest BCUT2D eigenvalue weighted by molar-refractivity contribution is 7.89. The number of nitrogens with one attached hydrogen (secondary N) is 1. The number of hydrogen-bond donors (Lipinski definition) is 1. The van der Waals surface area contributed by atoms with Crippen LogP contribution >= 0.6 is 0 Å². The predicted octanol–water partition coefficient (Wildman–Crippen LogP) is 2.31. The number of carbonyl (C=O) groups is 1. The fourth-order valence-electron chi connectivity index (χ4n) is 3.48. The molecule has 0 aliphatic heterocycles. The fraction of sp³-hybridized carbons (Fsp3) is 0.304. The van der Waals surface area contributed by atoms with E-state index < -0.39 is 10.0 Å². The van der Waals surface area contributed by atoms with Crippen LogP contribution < -0.4 is 15.6 Å². The second kappa shape index (κ2) is 9.63. The van der Waals surface area contributed by atoms with Gasteiger partial charge in [-0.2, -0.15) is 0 Å². The number of sulfonamides is 1. The average molecular weight is 473 g/mol. The van der Waals surface area contributed by atoms with Crippen molar-refractivity contribution < 1.29 is 17.9 Å². The lowest BCUT2D eigenvalue weighted by Gasteiger charge is -2.14. The Balaban J connectivity index is 1.81. The van der Waals surface area contributed by atoms with Crippen molar-refractivity contribution >= 4 is 21.6 Å². The number of carbonyl (C=O) groups excluding carboxylic acids is 1. The lowest BCUT2D eigenvalue weighted by atomic mass is 10.1. The van der Waals surface area contributed by atoms with Gasteiger partial charge in [0.05, 0.1) is 23.4 Å². The third-order valence-corrected chi connectivity index (χ3v) is 7.28. The normalized spacial score (nSPS) is 11.6. The molecule has 3 rings (SSSR count). The smallest absolute Gasteiger partial charge is 0.295 e. The van der Waals surface area contributed by atoms with Crippen molar-refractivity contribution in [3.05, 3.63) is 70.1 Å². The molecule has 33 heavy (non-hydrogen) atoms. The summed E-state index contributed by atoms with van der Waals surface area (Å²) >= 11 is 0. The summed E-state index contributed by atoms with van der Waals surface area (Å²) in [6.07, 6.45) is 0.283. The maximum absolute atomic E-state index is 13.0. The van der Waals surface area contributed by atoms with E-state index >= 15 is 0 Å². The molecule has 0 aliphatic carbocycles. The highest BCUT2D eigenvalue weighted by Gasteiger charge is 2.21. The van der Waals surface area contributed by atoms with Crippen molar-refractivity contribution in [2.24, 2.45) is 7.05 Å². The number of amides is 1. The Bertz CT molecular complexity index is 1320. The van der Waals surface area contributed by atoms with E-state index in [1.165, 1.54) is 38.0 Å². The number of para-hydroxylation sites is 1. The van der Waals surface area contributed by atoms with Gasteiger partial charge >= 0.3 is 0 Å². The Labute approximate surface area is 193 Å². The zero-order chi connectivity index (χ0) is 24.3. The Morgan fingerprint density at radius 1 is 1.12 bits per heavy atom. The Morgan fingerprint density at radius 3 is 2.39 bits per heavy atom. The van der Waals surface area contributed by atoms with Gasteiger partial charge in [0.2, 0.25) is 15.9 Å². The van der Waals surface area contributed by atoms with Crippen molar-refractivity contribution in [2.45, 2.75) is 24.7 Å². The predicted molar refractivity (Wildman–Crippen MR) is 127 cm³/mol. The van der Waals surface area contributed by atoms with Gasteiger partial charge < -0.3 is 10.1 Å². The Morgan fingerprint density at radius 2 is 1.79 bits per heavy atom. The number of rotatable bonds is 8. The van der Waals surface area contributed by atoms with Crippen molar-refractivity contribution in [3.63, 3.8) is 0 Å². The minimum atomic E-state index is -3.62. The molecule has 1 heterocycles. The van der Waals surface area contributed by atoms with Crippen LogP contribution in [0.15, 0.2) is 58.2 Å². The first-order valence-corrected chi connectivity index (χ1v) is 11.7. The van der Waals surface area contributed by atoms with Crippen LogP contribution in [-0.2, 0) is 28.3 Å². The summed E-state index contributed by atoms with van der Waals surface area (Å²) in [7, 11) is 2.53. The Hall–Kier alpha value is -3.37. The van der Waals surface area contributed by atoms with Gasteiger partial charge in [0.25, 0.3) is 5.56 Å². The third-order valence-electron chi connectivity index (χ3n) is 5.47. The Kier molecular flexibility index (Phi) is 7.09. The van der Waals surface area contributed by atoms with Crippen LogP contribution in [0.25, 0.3) is 5.69 Å². The van der Waals surface area contributed by atoms with E-state index in [2.05, 4.69) is 5.32 Å². The number of anilines is 1. The van der Waals surface area contributed by atoms with Crippen molar-refractivity contribution in [2.75, 3.05) is 26.5 Å². The number of benzene rings is 2. The van der Waals surface area contributed by atoms with Gasteiger partial charge in [0.15, 0.2) is 0 Å². The van der Waals surface area contributed by atoms with Crippen LogP contribution in [0.5, 0.6) is 5.75 Å². The van der Waals surface area contributed by atoms with Gasteiger partial charge in [-0.05, 0) is 49.2 Å². The summed E-state index contributed by atoms with van der Waals surface area (Å²) in [4.78, 5) is 25.8. The highest BCUT2D eigenvalue weighted by atomic mass is 32.2. The van der Waals surface area contributed by atoms with Gasteiger partial charge in [-0.25, -0.2) is 17.4 Å². The summed E-state index contributed by atoms with van der Waals surface area (Å²) < 4.78 is 34.5. The summed E-state index contributed by atoms with van der Waals surface area (Å²) in [6.45, 7) is 1.76. The number of aromatic nitrogens is 2. The highest BCUT2D eigenvalue weighted by Crippen LogP contribution is 2.25. The summed E-state index contributed by atoms with van der Waals surface area (Å²) in [5.41, 5.74) is 1.78. The fourth-order valence-corrected chi connectivity index (χ4v) is 4.44. The first kappa shape index (κ1) is 24.3. The van der Waals surface area contributed by atoms with Gasteiger partial charge in [-0.15, -0.1) is 0 Å². The minimum absolute atomic E-state index is 0.0426. The maximum Gasteiger partial charge on any atom is 0.295 e. The zero-order valence-electron chi connectivity index (χ0n) is 19.3. The molecule has 0 aliphatic rings. The molecule has 0 unspecified atom stereocenters. The van der Waals surface area contributed by atoms with E-state index in [0.29, 0.717) is 22.7 Å². The lowest BCUT2D eigenvalue weighted by molar-refractivity contribution is -0.116. The van der Waals surface area contributed by atoms with Crippen LogP contribution in [0.2, 0.25) is 0 Å². The second-order valence-corrected chi connectivity index (χ2v) is 9.90. The molecule has 0 spiro atoms. The molecule has 0 atom stereocenters. The molecular weight excluding hydrogens is 444 g/mol. The van der Waals surface area contributed by atoms with Gasteiger partial charge in [0.1, 0.15) is 11.4 Å². The molecule has 9 nitrogen and oxygen atoms in total. The van der Waals surface area contributed by atoms with E-state index in [0.717, 1.165) is 4.31 Å². The van der Waals surface area contributed by atoms with Crippen molar-refractivity contribution in [3.8, 4) is 11.4 Å². The van der Waals surface area contributed by atoms with E-state index in [9.17, 15) is 18.0 Å². The molecule has 2 aromatic carbocycles. The molecule has 0 bridgehead atoms. The van der Waals surface area contributed by atoms with Crippen LogP contribution in [0.4, 0.5) is 5.69 Å². The van der Waals surface area contributed by atoms with E-state index in [1.807, 2.05) is 30.3 Å². The topological polar surface area (TPSA) is 103 Å². The number of methoxy groups -OCH3 is 1. The van der Waals surface area contributed by atoms with E-state index in [-0.39, 0.29) is 34.9 Å². The van der Waals surface area contributed by atoms with Crippen molar-refractivity contribution in [1.82, 2.24) is 13.7 Å². The number of hydrogen-bond acceptors (Lipinski definition) is 5.